The molecule has 0 atom stereocenters. The van der Waals surface area contributed by atoms with Gasteiger partial charge in [-0.15, -0.1) is 0 Å². The van der Waals surface area contributed by atoms with Crippen LogP contribution in [0, 0.1) is 5.92 Å². The quantitative estimate of drug-likeness (QED) is 0.699. The van der Waals surface area contributed by atoms with E-state index in [4.69, 9.17) is 4.74 Å². The van der Waals surface area contributed by atoms with Gasteiger partial charge in [0.2, 0.25) is 0 Å². The highest BCUT2D eigenvalue weighted by Gasteiger charge is 2.00. The summed E-state index contributed by atoms with van der Waals surface area (Å²) in [5.41, 5.74) is 2.67. The molecule has 2 heteroatoms. The van der Waals surface area contributed by atoms with Crippen LogP contribution in [0.25, 0.3) is 0 Å². The van der Waals surface area contributed by atoms with Gasteiger partial charge in [-0.2, -0.15) is 0 Å². The fourth-order valence-electron chi connectivity index (χ4n) is 2.25. The van der Waals surface area contributed by atoms with Gasteiger partial charge in [0.15, 0.2) is 0 Å². The van der Waals surface area contributed by atoms with Crippen molar-refractivity contribution in [3.05, 3.63) is 59.9 Å². The van der Waals surface area contributed by atoms with E-state index in [1.807, 2.05) is 18.5 Å². The van der Waals surface area contributed by atoms with Gasteiger partial charge in [0.05, 0.1) is 6.61 Å². The minimum absolute atomic E-state index is 0.678. The summed E-state index contributed by atoms with van der Waals surface area (Å²) in [7, 11) is 0. The number of nitrogens with zero attached hydrogens (tertiary/aromatic N) is 1. The molecule has 0 saturated heterocycles. The van der Waals surface area contributed by atoms with Gasteiger partial charge in [-0.1, -0.05) is 26.0 Å². The summed E-state index contributed by atoms with van der Waals surface area (Å²) in [6.45, 7) is 5.23. The van der Waals surface area contributed by atoms with Crippen LogP contribution in [-0.4, -0.2) is 11.6 Å². The maximum atomic E-state index is 5.83. The Morgan fingerprint density at radius 1 is 1.05 bits per heavy atom. The number of ether oxygens (including phenoxy) is 1. The van der Waals surface area contributed by atoms with Gasteiger partial charge >= 0.3 is 0 Å². The zero-order valence-corrected chi connectivity index (χ0v) is 12.4. The molecule has 0 N–H and O–H groups in total. The van der Waals surface area contributed by atoms with Crippen LogP contribution in [-0.2, 0) is 12.8 Å². The number of aromatic nitrogens is 1. The molecule has 0 aliphatic heterocycles. The van der Waals surface area contributed by atoms with Crippen molar-refractivity contribution in [3.8, 4) is 5.75 Å². The molecule has 2 aromatic rings. The zero-order chi connectivity index (χ0) is 14.2. The van der Waals surface area contributed by atoms with Crippen LogP contribution < -0.4 is 4.74 Å². The first-order chi connectivity index (χ1) is 9.74. The first-order valence-corrected chi connectivity index (χ1v) is 7.34. The maximum absolute atomic E-state index is 5.83. The molecule has 0 fully saturated rings. The Morgan fingerprint density at radius 2 is 1.85 bits per heavy atom. The monoisotopic (exact) mass is 269 g/mol. The molecule has 0 aliphatic carbocycles. The molecular formula is C18H23NO. The Bertz CT molecular complexity index is 508. The molecule has 20 heavy (non-hydrogen) atoms. The third-order valence-electron chi connectivity index (χ3n) is 3.17. The fraction of sp³-hybridized carbons (Fsp3) is 0.389. The summed E-state index contributed by atoms with van der Waals surface area (Å²) in [4.78, 5) is 4.02. The van der Waals surface area contributed by atoms with Crippen LogP contribution in [0.5, 0.6) is 5.75 Å². The summed E-state index contributed by atoms with van der Waals surface area (Å²) in [5.74, 6) is 1.66. The molecule has 2 rings (SSSR count). The standard InChI is InChI=1S/C18H23NO/c1-15(2)13-17-5-3-7-18(14-17)20-12-4-6-16-8-10-19-11-9-16/h3,5,7-11,14-15H,4,6,12-13H2,1-2H3. The lowest BCUT2D eigenvalue weighted by Crippen LogP contribution is -2.00. The Balaban J connectivity index is 1.76. The largest absolute Gasteiger partial charge is 0.494 e. The molecule has 0 bridgehead atoms. The van der Waals surface area contributed by atoms with Crippen molar-refractivity contribution in [2.45, 2.75) is 33.1 Å². The van der Waals surface area contributed by atoms with Crippen molar-refractivity contribution in [3.63, 3.8) is 0 Å². The van der Waals surface area contributed by atoms with Crippen molar-refractivity contribution in [2.75, 3.05) is 6.61 Å². The van der Waals surface area contributed by atoms with Gasteiger partial charge in [0.1, 0.15) is 5.75 Å². The van der Waals surface area contributed by atoms with Crippen LogP contribution in [0.1, 0.15) is 31.4 Å². The van der Waals surface area contributed by atoms with E-state index in [0.717, 1.165) is 31.6 Å². The molecular weight excluding hydrogens is 246 g/mol. The van der Waals surface area contributed by atoms with Crippen LogP contribution in [0.2, 0.25) is 0 Å². The molecule has 0 unspecified atom stereocenters. The summed E-state index contributed by atoms with van der Waals surface area (Å²) in [6.07, 6.45) is 6.85. The first kappa shape index (κ1) is 14.6. The second-order valence-corrected chi connectivity index (χ2v) is 5.55. The molecule has 0 amide bonds. The highest BCUT2D eigenvalue weighted by molar-refractivity contribution is 5.28. The summed E-state index contributed by atoms with van der Waals surface area (Å²) >= 11 is 0. The summed E-state index contributed by atoms with van der Waals surface area (Å²) < 4.78 is 5.83. The molecule has 0 radical (unpaired) electrons. The van der Waals surface area contributed by atoms with E-state index < -0.39 is 0 Å². The summed E-state index contributed by atoms with van der Waals surface area (Å²) in [5, 5.41) is 0. The van der Waals surface area contributed by atoms with Crippen LogP contribution in [0.3, 0.4) is 0 Å². The Morgan fingerprint density at radius 3 is 2.60 bits per heavy atom. The smallest absolute Gasteiger partial charge is 0.119 e. The van der Waals surface area contributed by atoms with Crippen LogP contribution >= 0.6 is 0 Å². The van der Waals surface area contributed by atoms with Gasteiger partial charge in [-0.05, 0) is 60.6 Å². The van der Waals surface area contributed by atoms with E-state index in [-0.39, 0.29) is 0 Å². The lowest BCUT2D eigenvalue weighted by atomic mass is 10.0. The number of aryl methyl sites for hydroxylation is 1. The van der Waals surface area contributed by atoms with E-state index >= 15 is 0 Å². The molecule has 0 aliphatic rings. The average molecular weight is 269 g/mol. The lowest BCUT2D eigenvalue weighted by molar-refractivity contribution is 0.310. The number of rotatable bonds is 7. The molecule has 0 spiro atoms. The molecule has 2 nitrogen and oxygen atoms in total. The zero-order valence-electron chi connectivity index (χ0n) is 12.4. The van der Waals surface area contributed by atoms with Gasteiger partial charge < -0.3 is 4.74 Å². The average Bonchev–Trinajstić information content (AvgIpc) is 2.44. The van der Waals surface area contributed by atoms with Crippen molar-refractivity contribution < 1.29 is 4.74 Å². The Kier molecular flexibility index (Phi) is 5.60. The van der Waals surface area contributed by atoms with Crippen molar-refractivity contribution in [1.29, 1.82) is 0 Å². The minimum atomic E-state index is 0.678. The SMILES string of the molecule is CC(C)Cc1cccc(OCCCc2ccncc2)c1. The third-order valence-corrected chi connectivity index (χ3v) is 3.17. The Hall–Kier alpha value is -1.83. The van der Waals surface area contributed by atoms with Crippen LogP contribution in [0.15, 0.2) is 48.8 Å². The highest BCUT2D eigenvalue weighted by atomic mass is 16.5. The minimum Gasteiger partial charge on any atom is -0.494 e. The number of hydrogen-bond acceptors (Lipinski definition) is 2. The number of hydrogen-bond donors (Lipinski definition) is 0. The Labute approximate surface area is 121 Å². The normalized spacial score (nSPS) is 10.8. The molecule has 0 saturated carbocycles. The van der Waals surface area contributed by atoms with E-state index in [2.05, 4.69) is 49.2 Å². The second-order valence-electron chi connectivity index (χ2n) is 5.55. The number of pyridine rings is 1. The van der Waals surface area contributed by atoms with E-state index in [9.17, 15) is 0 Å². The van der Waals surface area contributed by atoms with Gasteiger partial charge in [-0.3, -0.25) is 4.98 Å². The first-order valence-electron chi connectivity index (χ1n) is 7.34. The van der Waals surface area contributed by atoms with Crippen molar-refractivity contribution in [2.24, 2.45) is 5.92 Å². The molecule has 1 aromatic heterocycles. The van der Waals surface area contributed by atoms with Crippen LogP contribution in [0.4, 0.5) is 0 Å². The maximum Gasteiger partial charge on any atom is 0.119 e. The number of benzene rings is 1. The third kappa shape index (κ3) is 5.04. The van der Waals surface area contributed by atoms with E-state index in [0.29, 0.717) is 5.92 Å². The van der Waals surface area contributed by atoms with E-state index in [1.165, 1.54) is 11.1 Å². The van der Waals surface area contributed by atoms with E-state index in [1.54, 1.807) is 0 Å². The van der Waals surface area contributed by atoms with Gasteiger partial charge in [0, 0.05) is 12.4 Å². The highest BCUT2D eigenvalue weighted by Crippen LogP contribution is 2.16. The van der Waals surface area contributed by atoms with Crippen molar-refractivity contribution >= 4 is 0 Å². The predicted molar refractivity (Wildman–Crippen MR) is 83.0 cm³/mol. The fourth-order valence-corrected chi connectivity index (χ4v) is 2.25. The summed E-state index contributed by atoms with van der Waals surface area (Å²) in [6, 6.07) is 12.6. The van der Waals surface area contributed by atoms with Gasteiger partial charge in [0.25, 0.3) is 0 Å². The van der Waals surface area contributed by atoms with Gasteiger partial charge in [-0.25, -0.2) is 0 Å². The van der Waals surface area contributed by atoms with Crippen molar-refractivity contribution in [1.82, 2.24) is 4.98 Å². The molecule has 1 aromatic carbocycles. The molecule has 1 heterocycles. The predicted octanol–water partition coefficient (Wildman–Crippen LogP) is 4.29. The second kappa shape index (κ2) is 7.68. The topological polar surface area (TPSA) is 22.1 Å². The lowest BCUT2D eigenvalue weighted by Gasteiger charge is -2.09. The molecule has 106 valence electrons.